The number of nitrogens with one attached hydrogen (secondary N) is 1. The Morgan fingerprint density at radius 1 is 1.33 bits per heavy atom. The number of hydrogen-bond acceptors (Lipinski definition) is 5. The van der Waals surface area contributed by atoms with Crippen LogP contribution in [-0.2, 0) is 20.1 Å². The van der Waals surface area contributed by atoms with E-state index in [9.17, 15) is 0 Å². The predicted octanol–water partition coefficient (Wildman–Crippen LogP) is 3.28. The first-order valence-corrected chi connectivity index (χ1v) is 9.83. The second kappa shape index (κ2) is 10.8. The lowest BCUT2D eigenvalue weighted by atomic mass is 10.1. The smallest absolute Gasteiger partial charge is 0.194 e. The minimum Gasteiger partial charge on any atom is -0.357 e. The van der Waals surface area contributed by atoms with Crippen LogP contribution in [0.5, 0.6) is 0 Å². The topological polar surface area (TPSA) is 61.6 Å². The van der Waals surface area contributed by atoms with Crippen molar-refractivity contribution < 1.29 is 0 Å². The first-order chi connectivity index (χ1) is 12.3. The highest BCUT2D eigenvalue weighted by molar-refractivity contribution is 14.0. The highest BCUT2D eigenvalue weighted by Gasteiger charge is 2.15. The second-order valence-electron chi connectivity index (χ2n) is 6.91. The fourth-order valence-electron chi connectivity index (χ4n) is 2.69. The number of anilines is 1. The van der Waals surface area contributed by atoms with Gasteiger partial charge in [-0.3, -0.25) is 4.68 Å². The minimum absolute atomic E-state index is 0. The number of rotatable bonds is 7. The van der Waals surface area contributed by atoms with E-state index in [2.05, 4.69) is 59.7 Å². The van der Waals surface area contributed by atoms with Gasteiger partial charge in [0.1, 0.15) is 0 Å². The quantitative estimate of drug-likeness (QED) is 0.356. The Hall–Kier alpha value is -1.36. The molecule has 2 aromatic rings. The van der Waals surface area contributed by atoms with Crippen molar-refractivity contribution in [3.05, 3.63) is 28.5 Å². The predicted molar refractivity (Wildman–Crippen MR) is 125 cm³/mol. The third kappa shape index (κ3) is 6.63. The summed E-state index contributed by atoms with van der Waals surface area (Å²) < 4.78 is 1.89. The molecule has 0 saturated heterocycles. The summed E-state index contributed by atoms with van der Waals surface area (Å²) in [4.78, 5) is 13.5. The molecule has 0 radical (unpaired) electrons. The van der Waals surface area contributed by atoms with Gasteiger partial charge in [-0.15, -0.1) is 35.3 Å². The van der Waals surface area contributed by atoms with Crippen LogP contribution >= 0.6 is 35.3 Å². The van der Waals surface area contributed by atoms with Crippen molar-refractivity contribution in [1.29, 1.82) is 0 Å². The molecule has 0 amide bonds. The molecule has 0 atom stereocenters. The number of aryl methyl sites for hydroxylation is 1. The van der Waals surface area contributed by atoms with E-state index in [1.807, 2.05) is 30.7 Å². The van der Waals surface area contributed by atoms with E-state index in [1.54, 1.807) is 11.3 Å². The zero-order chi connectivity index (χ0) is 19.3. The van der Waals surface area contributed by atoms with Crippen LogP contribution in [0.2, 0.25) is 0 Å². The van der Waals surface area contributed by atoms with Crippen LogP contribution < -0.4 is 10.2 Å². The highest BCUT2D eigenvalue weighted by Crippen LogP contribution is 2.20. The van der Waals surface area contributed by atoms with Crippen LogP contribution in [0, 0.1) is 0 Å². The van der Waals surface area contributed by atoms with Crippen LogP contribution in [0.4, 0.5) is 5.13 Å². The number of hydrogen-bond donors (Lipinski definition) is 1. The Labute approximate surface area is 183 Å². The minimum atomic E-state index is 0. The molecule has 0 aliphatic heterocycles. The van der Waals surface area contributed by atoms with Crippen LogP contribution in [0.25, 0.3) is 0 Å². The number of thiazole rings is 1. The van der Waals surface area contributed by atoms with Crippen molar-refractivity contribution in [2.24, 2.45) is 12.0 Å². The maximum Gasteiger partial charge on any atom is 0.194 e. The molecule has 0 aliphatic carbocycles. The maximum atomic E-state index is 4.76. The molecule has 152 valence electrons. The van der Waals surface area contributed by atoms with Gasteiger partial charge in [0.15, 0.2) is 11.1 Å². The Balaban J connectivity index is 0.00000364. The van der Waals surface area contributed by atoms with Crippen LogP contribution in [-0.4, -0.2) is 53.3 Å². The standard InChI is InChI=1S/C18H31N7S.HI/c1-8-19-17(20-9-15-12-26-18(21-15)23(4)5)24(6)10-14-11-25(7)22-16(14)13(2)3;/h11-13H,8-10H2,1-7H3,(H,19,20);1H. The van der Waals surface area contributed by atoms with E-state index in [0.29, 0.717) is 12.5 Å². The monoisotopic (exact) mass is 505 g/mol. The van der Waals surface area contributed by atoms with E-state index >= 15 is 0 Å². The Kier molecular flexibility index (Phi) is 9.51. The van der Waals surface area contributed by atoms with Gasteiger partial charge in [0.05, 0.1) is 17.9 Å². The zero-order valence-electron chi connectivity index (χ0n) is 17.4. The molecule has 0 aliphatic rings. The van der Waals surface area contributed by atoms with E-state index in [0.717, 1.165) is 35.6 Å². The van der Waals surface area contributed by atoms with Crippen LogP contribution in [0.15, 0.2) is 16.6 Å². The van der Waals surface area contributed by atoms with Crippen LogP contribution in [0.3, 0.4) is 0 Å². The lowest BCUT2D eigenvalue weighted by Gasteiger charge is -2.22. The maximum absolute atomic E-state index is 4.76. The first-order valence-electron chi connectivity index (χ1n) is 8.95. The zero-order valence-corrected chi connectivity index (χ0v) is 20.5. The van der Waals surface area contributed by atoms with Gasteiger partial charge in [0.25, 0.3) is 0 Å². The van der Waals surface area contributed by atoms with E-state index < -0.39 is 0 Å². The first kappa shape index (κ1) is 23.7. The normalized spacial score (nSPS) is 11.5. The molecule has 0 bridgehead atoms. The summed E-state index contributed by atoms with van der Waals surface area (Å²) in [5.41, 5.74) is 3.37. The molecule has 0 fully saturated rings. The number of nitrogens with zero attached hydrogens (tertiary/aromatic N) is 6. The molecule has 0 aromatic carbocycles. The van der Waals surface area contributed by atoms with Gasteiger partial charge < -0.3 is 15.1 Å². The van der Waals surface area contributed by atoms with Gasteiger partial charge in [-0.1, -0.05) is 13.8 Å². The van der Waals surface area contributed by atoms with E-state index in [1.165, 1.54) is 5.56 Å². The average molecular weight is 505 g/mol. The molecule has 2 aromatic heterocycles. The van der Waals surface area contributed by atoms with Crippen molar-refractivity contribution in [3.8, 4) is 0 Å². The van der Waals surface area contributed by atoms with Crippen molar-refractivity contribution in [3.63, 3.8) is 0 Å². The van der Waals surface area contributed by atoms with Crippen molar-refractivity contribution in [1.82, 2.24) is 25.0 Å². The Morgan fingerprint density at radius 2 is 2.04 bits per heavy atom. The third-order valence-corrected chi connectivity index (χ3v) is 4.96. The van der Waals surface area contributed by atoms with E-state index in [-0.39, 0.29) is 24.0 Å². The molecule has 0 unspecified atom stereocenters. The second-order valence-corrected chi connectivity index (χ2v) is 7.75. The summed E-state index contributed by atoms with van der Waals surface area (Å²) in [5.74, 6) is 1.28. The van der Waals surface area contributed by atoms with Crippen molar-refractivity contribution >= 4 is 46.4 Å². The molecule has 2 heterocycles. The fourth-order valence-corrected chi connectivity index (χ4v) is 3.44. The highest BCUT2D eigenvalue weighted by atomic mass is 127. The molecule has 0 saturated carbocycles. The lowest BCUT2D eigenvalue weighted by molar-refractivity contribution is 0.473. The van der Waals surface area contributed by atoms with Gasteiger partial charge in [0, 0.05) is 58.4 Å². The van der Waals surface area contributed by atoms with Gasteiger partial charge in [0.2, 0.25) is 0 Å². The van der Waals surface area contributed by atoms with E-state index in [4.69, 9.17) is 4.99 Å². The Bertz CT molecular complexity index is 736. The Morgan fingerprint density at radius 3 is 2.59 bits per heavy atom. The van der Waals surface area contributed by atoms with Crippen LogP contribution in [0.1, 0.15) is 43.6 Å². The van der Waals surface area contributed by atoms with Gasteiger partial charge >= 0.3 is 0 Å². The molecule has 9 heteroatoms. The summed E-state index contributed by atoms with van der Waals surface area (Å²) in [6, 6.07) is 0. The SMILES string of the molecule is CCNC(=NCc1csc(N(C)C)n1)N(C)Cc1cn(C)nc1C(C)C.I. The molecule has 0 spiro atoms. The molecule has 1 N–H and O–H groups in total. The lowest BCUT2D eigenvalue weighted by Crippen LogP contribution is -2.38. The van der Waals surface area contributed by atoms with Gasteiger partial charge in [-0.25, -0.2) is 9.98 Å². The number of guanidine groups is 1. The summed E-state index contributed by atoms with van der Waals surface area (Å²) in [5, 5.41) is 11.0. The number of aromatic nitrogens is 3. The molecular formula is C18H32IN7S. The fraction of sp³-hybridized carbons (Fsp3) is 0.611. The average Bonchev–Trinajstić information content (AvgIpc) is 3.18. The molecule has 7 nitrogen and oxygen atoms in total. The van der Waals surface area contributed by atoms with Gasteiger partial charge in [-0.05, 0) is 12.8 Å². The van der Waals surface area contributed by atoms with Gasteiger partial charge in [-0.2, -0.15) is 5.10 Å². The largest absolute Gasteiger partial charge is 0.357 e. The third-order valence-electron chi connectivity index (χ3n) is 3.90. The number of halogens is 1. The summed E-state index contributed by atoms with van der Waals surface area (Å²) in [6.07, 6.45) is 2.10. The molecular weight excluding hydrogens is 473 g/mol. The number of aliphatic imine (C=N–C) groups is 1. The molecule has 2 rings (SSSR count). The summed E-state index contributed by atoms with van der Waals surface area (Å²) >= 11 is 1.64. The summed E-state index contributed by atoms with van der Waals surface area (Å²) in [7, 11) is 8.04. The van der Waals surface area contributed by atoms with Crippen molar-refractivity contribution in [2.75, 3.05) is 32.6 Å². The van der Waals surface area contributed by atoms with Crippen molar-refractivity contribution in [2.45, 2.75) is 39.8 Å². The summed E-state index contributed by atoms with van der Waals surface area (Å²) in [6.45, 7) is 8.60. The molecule has 27 heavy (non-hydrogen) atoms.